The molecule has 1 heterocycles. The van der Waals surface area contributed by atoms with Crippen molar-refractivity contribution in [2.24, 2.45) is 0 Å². The van der Waals surface area contributed by atoms with E-state index in [1.54, 1.807) is 6.20 Å². The first-order valence-corrected chi connectivity index (χ1v) is 5.86. The quantitative estimate of drug-likeness (QED) is 0.776. The first-order valence-electron chi connectivity index (χ1n) is 5.86. The van der Waals surface area contributed by atoms with Crippen molar-refractivity contribution in [3.05, 3.63) is 18.3 Å². The number of hydrogen-bond donors (Lipinski definition) is 2. The Kier molecular flexibility index (Phi) is 5.26. The molecule has 2 N–H and O–H groups in total. The van der Waals surface area contributed by atoms with Crippen LogP contribution in [0.5, 0.6) is 0 Å². The minimum Gasteiger partial charge on any atom is -0.373 e. The fraction of sp³-hybridized carbons (Fsp3) is 0.500. The van der Waals surface area contributed by atoms with Gasteiger partial charge in [-0.1, -0.05) is 0 Å². The van der Waals surface area contributed by atoms with Crippen molar-refractivity contribution in [3.63, 3.8) is 0 Å². The average molecular weight is 236 g/mol. The maximum atomic E-state index is 11.6. The first kappa shape index (κ1) is 13.3. The summed E-state index contributed by atoms with van der Waals surface area (Å²) in [5, 5.41) is 5.78. The standard InChI is InChI=1S/C12H20N4O/c1-4-14-12(17)9-16(5-2)10-6-7-15-11(8-10)13-3/h6-8H,4-5,9H2,1-3H3,(H,13,15)(H,14,17). The van der Waals surface area contributed by atoms with Gasteiger partial charge in [-0.05, 0) is 19.9 Å². The van der Waals surface area contributed by atoms with Crippen molar-refractivity contribution in [1.29, 1.82) is 0 Å². The maximum absolute atomic E-state index is 11.6. The fourth-order valence-corrected chi connectivity index (χ4v) is 1.56. The van der Waals surface area contributed by atoms with Crippen molar-refractivity contribution in [1.82, 2.24) is 10.3 Å². The van der Waals surface area contributed by atoms with E-state index in [-0.39, 0.29) is 5.91 Å². The summed E-state index contributed by atoms with van der Waals surface area (Å²) < 4.78 is 0. The summed E-state index contributed by atoms with van der Waals surface area (Å²) in [6.45, 7) is 5.76. The molecule has 5 nitrogen and oxygen atoms in total. The van der Waals surface area contributed by atoms with Crippen LogP contribution in [0.3, 0.4) is 0 Å². The number of hydrogen-bond acceptors (Lipinski definition) is 4. The molecule has 0 aliphatic heterocycles. The van der Waals surface area contributed by atoms with E-state index in [0.29, 0.717) is 13.1 Å². The van der Waals surface area contributed by atoms with Gasteiger partial charge in [-0.25, -0.2) is 4.98 Å². The van der Waals surface area contributed by atoms with Crippen LogP contribution in [0.2, 0.25) is 0 Å². The summed E-state index contributed by atoms with van der Waals surface area (Å²) in [5.74, 6) is 0.842. The lowest BCUT2D eigenvalue weighted by molar-refractivity contribution is -0.119. The Labute approximate surface area is 102 Å². The van der Waals surface area contributed by atoms with E-state index in [2.05, 4.69) is 15.6 Å². The molecule has 0 spiro atoms. The maximum Gasteiger partial charge on any atom is 0.239 e. The van der Waals surface area contributed by atoms with E-state index in [0.717, 1.165) is 18.1 Å². The molecule has 1 aromatic heterocycles. The second-order valence-corrected chi connectivity index (χ2v) is 3.62. The molecule has 0 aromatic carbocycles. The van der Waals surface area contributed by atoms with Crippen molar-refractivity contribution in [3.8, 4) is 0 Å². The van der Waals surface area contributed by atoms with Crippen LogP contribution in [-0.4, -0.2) is 37.6 Å². The molecule has 1 rings (SSSR count). The van der Waals surface area contributed by atoms with Gasteiger partial charge in [-0.2, -0.15) is 0 Å². The Balaban J connectivity index is 2.74. The molecule has 0 atom stereocenters. The largest absolute Gasteiger partial charge is 0.373 e. The SMILES string of the molecule is CCNC(=O)CN(CC)c1ccnc(NC)c1. The molecule has 0 saturated carbocycles. The van der Waals surface area contributed by atoms with Gasteiger partial charge in [-0.3, -0.25) is 4.79 Å². The zero-order valence-electron chi connectivity index (χ0n) is 10.7. The van der Waals surface area contributed by atoms with E-state index in [1.807, 2.05) is 37.9 Å². The molecule has 94 valence electrons. The number of rotatable bonds is 6. The summed E-state index contributed by atoms with van der Waals surface area (Å²) >= 11 is 0. The van der Waals surface area contributed by atoms with Gasteiger partial charge in [-0.15, -0.1) is 0 Å². The topological polar surface area (TPSA) is 57.3 Å². The fourth-order valence-electron chi connectivity index (χ4n) is 1.56. The van der Waals surface area contributed by atoms with Crippen molar-refractivity contribution < 1.29 is 4.79 Å². The van der Waals surface area contributed by atoms with E-state index in [1.165, 1.54) is 0 Å². The highest BCUT2D eigenvalue weighted by Gasteiger charge is 2.09. The lowest BCUT2D eigenvalue weighted by Crippen LogP contribution is -2.37. The molecule has 0 saturated heterocycles. The van der Waals surface area contributed by atoms with Crippen LogP contribution in [0, 0.1) is 0 Å². The second-order valence-electron chi connectivity index (χ2n) is 3.62. The van der Waals surface area contributed by atoms with E-state index in [9.17, 15) is 4.79 Å². The summed E-state index contributed by atoms with van der Waals surface area (Å²) in [5.41, 5.74) is 0.998. The summed E-state index contributed by atoms with van der Waals surface area (Å²) in [4.78, 5) is 17.7. The highest BCUT2D eigenvalue weighted by atomic mass is 16.2. The van der Waals surface area contributed by atoms with E-state index in [4.69, 9.17) is 0 Å². The number of nitrogens with one attached hydrogen (secondary N) is 2. The van der Waals surface area contributed by atoms with Gasteiger partial charge in [0.1, 0.15) is 5.82 Å². The van der Waals surface area contributed by atoms with Gasteiger partial charge >= 0.3 is 0 Å². The van der Waals surface area contributed by atoms with Gasteiger partial charge in [0, 0.05) is 38.1 Å². The average Bonchev–Trinajstić information content (AvgIpc) is 2.36. The van der Waals surface area contributed by atoms with Gasteiger partial charge in [0.25, 0.3) is 0 Å². The van der Waals surface area contributed by atoms with Crippen LogP contribution in [-0.2, 0) is 4.79 Å². The molecule has 1 amide bonds. The number of carbonyl (C=O) groups excluding carboxylic acids is 1. The Hall–Kier alpha value is -1.78. The minimum atomic E-state index is 0.0390. The Morgan fingerprint density at radius 1 is 1.47 bits per heavy atom. The molecule has 0 fully saturated rings. The zero-order valence-corrected chi connectivity index (χ0v) is 10.7. The molecule has 0 unspecified atom stereocenters. The minimum absolute atomic E-state index is 0.0390. The van der Waals surface area contributed by atoms with E-state index < -0.39 is 0 Å². The molecule has 0 radical (unpaired) electrons. The zero-order chi connectivity index (χ0) is 12.7. The number of pyridine rings is 1. The van der Waals surface area contributed by atoms with Gasteiger partial charge in [0.15, 0.2) is 0 Å². The van der Waals surface area contributed by atoms with Crippen molar-refractivity contribution >= 4 is 17.4 Å². The third kappa shape index (κ3) is 3.94. The lowest BCUT2D eigenvalue weighted by atomic mass is 10.3. The third-order valence-electron chi connectivity index (χ3n) is 2.45. The van der Waals surface area contributed by atoms with Crippen LogP contribution >= 0.6 is 0 Å². The van der Waals surface area contributed by atoms with Crippen LogP contribution < -0.4 is 15.5 Å². The molecule has 1 aromatic rings. The van der Waals surface area contributed by atoms with Gasteiger partial charge in [0.2, 0.25) is 5.91 Å². The smallest absolute Gasteiger partial charge is 0.239 e. The predicted octanol–water partition coefficient (Wildman–Crippen LogP) is 1.09. The summed E-state index contributed by atoms with van der Waals surface area (Å²) in [6.07, 6.45) is 1.74. The number of nitrogens with zero attached hydrogens (tertiary/aromatic N) is 2. The van der Waals surface area contributed by atoms with Crippen LogP contribution in [0.1, 0.15) is 13.8 Å². The van der Waals surface area contributed by atoms with Gasteiger partial charge in [0.05, 0.1) is 6.54 Å². The van der Waals surface area contributed by atoms with Crippen molar-refractivity contribution in [2.75, 3.05) is 36.9 Å². The molecule has 5 heteroatoms. The summed E-state index contributed by atoms with van der Waals surface area (Å²) in [6, 6.07) is 3.84. The molecule has 0 aliphatic carbocycles. The van der Waals surface area contributed by atoms with Crippen LogP contribution in [0.15, 0.2) is 18.3 Å². The second kappa shape index (κ2) is 6.73. The Morgan fingerprint density at radius 2 is 2.24 bits per heavy atom. The number of likely N-dealkylation sites (N-methyl/N-ethyl adjacent to an activating group) is 2. The number of anilines is 2. The predicted molar refractivity (Wildman–Crippen MR) is 70.4 cm³/mol. The highest BCUT2D eigenvalue weighted by molar-refractivity contribution is 5.81. The van der Waals surface area contributed by atoms with Gasteiger partial charge < -0.3 is 15.5 Å². The molecule has 17 heavy (non-hydrogen) atoms. The third-order valence-corrected chi connectivity index (χ3v) is 2.45. The molecular formula is C12H20N4O. The normalized spacial score (nSPS) is 9.82. The monoisotopic (exact) mass is 236 g/mol. The number of carbonyl (C=O) groups is 1. The number of aromatic nitrogens is 1. The Morgan fingerprint density at radius 3 is 2.82 bits per heavy atom. The molecule has 0 bridgehead atoms. The van der Waals surface area contributed by atoms with E-state index >= 15 is 0 Å². The van der Waals surface area contributed by atoms with Crippen LogP contribution in [0.25, 0.3) is 0 Å². The summed E-state index contributed by atoms with van der Waals surface area (Å²) in [7, 11) is 1.83. The Bertz CT molecular complexity index is 367. The lowest BCUT2D eigenvalue weighted by Gasteiger charge is -2.22. The highest BCUT2D eigenvalue weighted by Crippen LogP contribution is 2.16. The van der Waals surface area contributed by atoms with Crippen molar-refractivity contribution in [2.45, 2.75) is 13.8 Å². The number of amides is 1. The molecule has 0 aliphatic rings. The van der Waals surface area contributed by atoms with Crippen LogP contribution in [0.4, 0.5) is 11.5 Å². The molecular weight excluding hydrogens is 216 g/mol. The first-order chi connectivity index (χ1) is 8.21.